The van der Waals surface area contributed by atoms with Gasteiger partial charge in [0, 0.05) is 39.3 Å². The maximum atomic E-state index is 4.47. The highest BCUT2D eigenvalue weighted by Gasteiger charge is 2.34. The summed E-state index contributed by atoms with van der Waals surface area (Å²) >= 11 is 3.66. The van der Waals surface area contributed by atoms with Crippen LogP contribution in [0.2, 0.25) is 0 Å². The molecule has 2 fully saturated rings. The first kappa shape index (κ1) is 12.6. The maximum Gasteiger partial charge on any atom is 0.0739 e. The molecule has 18 heavy (non-hydrogen) atoms. The van der Waals surface area contributed by atoms with Crippen LogP contribution >= 0.6 is 15.9 Å². The van der Waals surface area contributed by atoms with Crippen LogP contribution in [-0.2, 0) is 13.6 Å². The van der Waals surface area contributed by atoms with Gasteiger partial charge in [-0.05, 0) is 41.6 Å². The van der Waals surface area contributed by atoms with Gasteiger partial charge in [-0.1, -0.05) is 0 Å². The van der Waals surface area contributed by atoms with Crippen LogP contribution in [0, 0.1) is 12.8 Å². The highest BCUT2D eigenvalue weighted by Crippen LogP contribution is 2.34. The quantitative estimate of drug-likeness (QED) is 0.922. The van der Waals surface area contributed by atoms with Crippen molar-refractivity contribution in [3.8, 4) is 0 Å². The van der Waals surface area contributed by atoms with Crippen LogP contribution in [0.3, 0.4) is 0 Å². The zero-order valence-electron chi connectivity index (χ0n) is 11.1. The zero-order valence-corrected chi connectivity index (χ0v) is 12.7. The number of hydrogen-bond acceptors (Lipinski definition) is 3. The molecular weight excluding hydrogens is 292 g/mol. The molecule has 3 rings (SSSR count). The lowest BCUT2D eigenvalue weighted by atomic mass is 10.1. The van der Waals surface area contributed by atoms with Crippen LogP contribution in [0.1, 0.15) is 24.2 Å². The van der Waals surface area contributed by atoms with Crippen molar-refractivity contribution in [2.45, 2.75) is 32.4 Å². The molecule has 1 saturated carbocycles. The van der Waals surface area contributed by atoms with E-state index in [-0.39, 0.29) is 0 Å². The summed E-state index contributed by atoms with van der Waals surface area (Å²) in [6, 6.07) is 0.715. The van der Waals surface area contributed by atoms with Gasteiger partial charge in [0.2, 0.25) is 0 Å². The highest BCUT2D eigenvalue weighted by molar-refractivity contribution is 9.10. The summed E-state index contributed by atoms with van der Waals surface area (Å²) in [4.78, 5) is 2.56. The molecule has 1 aromatic heterocycles. The summed E-state index contributed by atoms with van der Waals surface area (Å²) in [6.07, 6.45) is 2.83. The third-order valence-corrected chi connectivity index (χ3v) is 5.15. The predicted octanol–water partition coefficient (Wildman–Crippen LogP) is 1.67. The van der Waals surface area contributed by atoms with E-state index in [1.807, 2.05) is 11.7 Å². The van der Waals surface area contributed by atoms with E-state index in [2.05, 4.69) is 38.2 Å². The lowest BCUT2D eigenvalue weighted by Gasteiger charge is -2.33. The van der Waals surface area contributed by atoms with Gasteiger partial charge in [0.1, 0.15) is 0 Å². The van der Waals surface area contributed by atoms with E-state index in [0.717, 1.165) is 31.2 Å². The van der Waals surface area contributed by atoms with Crippen molar-refractivity contribution in [1.82, 2.24) is 20.0 Å². The summed E-state index contributed by atoms with van der Waals surface area (Å²) in [5, 5.41) is 8.13. The molecule has 4 nitrogen and oxygen atoms in total. The Morgan fingerprint density at radius 3 is 2.83 bits per heavy atom. The second-order valence-corrected chi connectivity index (χ2v) is 6.40. The smallest absolute Gasteiger partial charge is 0.0739 e. The Morgan fingerprint density at radius 1 is 1.44 bits per heavy atom. The molecule has 1 atom stereocenters. The first-order valence-corrected chi connectivity index (χ1v) is 7.58. The topological polar surface area (TPSA) is 33.1 Å². The molecule has 0 bridgehead atoms. The normalized spacial score (nSPS) is 25.6. The third-order valence-electron chi connectivity index (χ3n) is 4.12. The van der Waals surface area contributed by atoms with E-state index in [1.54, 1.807) is 0 Å². The van der Waals surface area contributed by atoms with Gasteiger partial charge in [-0.3, -0.25) is 9.58 Å². The number of piperazine rings is 1. The minimum atomic E-state index is 0.715. The predicted molar refractivity (Wildman–Crippen MR) is 75.4 cm³/mol. The van der Waals surface area contributed by atoms with E-state index in [4.69, 9.17) is 0 Å². The minimum absolute atomic E-state index is 0.715. The first-order valence-electron chi connectivity index (χ1n) is 6.79. The second kappa shape index (κ2) is 4.94. The highest BCUT2D eigenvalue weighted by atomic mass is 79.9. The van der Waals surface area contributed by atoms with Crippen LogP contribution in [0.15, 0.2) is 4.47 Å². The van der Waals surface area contributed by atoms with E-state index >= 15 is 0 Å². The Balaban J connectivity index is 1.67. The SMILES string of the molecule is Cc1nn(C)c(CN2CCNC(C3CC3)C2)c1Br. The number of nitrogens with one attached hydrogen (secondary N) is 1. The van der Waals surface area contributed by atoms with Gasteiger partial charge in [0.25, 0.3) is 0 Å². The largest absolute Gasteiger partial charge is 0.311 e. The summed E-state index contributed by atoms with van der Waals surface area (Å²) < 4.78 is 3.18. The van der Waals surface area contributed by atoms with Crippen molar-refractivity contribution in [1.29, 1.82) is 0 Å². The molecule has 0 spiro atoms. The van der Waals surface area contributed by atoms with Crippen LogP contribution in [-0.4, -0.2) is 40.4 Å². The fourth-order valence-corrected chi connectivity index (χ4v) is 3.32. The van der Waals surface area contributed by atoms with E-state index in [9.17, 15) is 0 Å². The number of nitrogens with zero attached hydrogens (tertiary/aromatic N) is 3. The monoisotopic (exact) mass is 312 g/mol. The van der Waals surface area contributed by atoms with Gasteiger partial charge in [0.05, 0.1) is 15.9 Å². The summed E-state index contributed by atoms with van der Waals surface area (Å²) in [5.41, 5.74) is 2.38. The van der Waals surface area contributed by atoms with E-state index in [0.29, 0.717) is 6.04 Å². The van der Waals surface area contributed by atoms with Crippen molar-refractivity contribution in [2.75, 3.05) is 19.6 Å². The fraction of sp³-hybridized carbons (Fsp3) is 0.769. The molecule has 1 aliphatic carbocycles. The average molecular weight is 313 g/mol. The van der Waals surface area contributed by atoms with Gasteiger partial charge in [0.15, 0.2) is 0 Å². The molecular formula is C13H21BrN4. The molecule has 0 amide bonds. The van der Waals surface area contributed by atoms with Gasteiger partial charge in [-0.25, -0.2) is 0 Å². The Labute approximate surface area is 117 Å². The maximum absolute atomic E-state index is 4.47. The van der Waals surface area contributed by atoms with Crippen molar-refractivity contribution in [2.24, 2.45) is 13.0 Å². The number of halogens is 1. The van der Waals surface area contributed by atoms with Crippen molar-refractivity contribution in [3.05, 3.63) is 15.9 Å². The molecule has 0 radical (unpaired) electrons. The Bertz CT molecular complexity index is 438. The summed E-state index contributed by atoms with van der Waals surface area (Å²) in [7, 11) is 2.04. The fourth-order valence-electron chi connectivity index (χ4n) is 2.86. The van der Waals surface area contributed by atoms with Gasteiger partial charge < -0.3 is 5.32 Å². The van der Waals surface area contributed by atoms with E-state index in [1.165, 1.54) is 29.6 Å². The number of hydrogen-bond donors (Lipinski definition) is 1. The number of aromatic nitrogens is 2. The second-order valence-electron chi connectivity index (χ2n) is 5.60. The molecule has 1 saturated heterocycles. The number of aryl methyl sites for hydroxylation is 2. The van der Waals surface area contributed by atoms with Crippen LogP contribution in [0.25, 0.3) is 0 Å². The van der Waals surface area contributed by atoms with Crippen molar-refractivity contribution < 1.29 is 0 Å². The molecule has 1 unspecified atom stereocenters. The third kappa shape index (κ3) is 2.49. The van der Waals surface area contributed by atoms with Gasteiger partial charge in [-0.15, -0.1) is 0 Å². The Hall–Kier alpha value is -0.390. The van der Waals surface area contributed by atoms with Crippen LogP contribution in [0.4, 0.5) is 0 Å². The molecule has 1 aliphatic heterocycles. The molecule has 1 N–H and O–H groups in total. The van der Waals surface area contributed by atoms with Crippen molar-refractivity contribution in [3.63, 3.8) is 0 Å². The van der Waals surface area contributed by atoms with Gasteiger partial charge >= 0.3 is 0 Å². The molecule has 5 heteroatoms. The van der Waals surface area contributed by atoms with E-state index < -0.39 is 0 Å². The zero-order chi connectivity index (χ0) is 12.7. The lowest BCUT2D eigenvalue weighted by Crippen LogP contribution is -2.51. The molecule has 100 valence electrons. The molecule has 2 aliphatic rings. The minimum Gasteiger partial charge on any atom is -0.311 e. The molecule has 0 aromatic carbocycles. The van der Waals surface area contributed by atoms with Crippen LogP contribution in [0.5, 0.6) is 0 Å². The summed E-state index contributed by atoms with van der Waals surface area (Å²) in [5.74, 6) is 0.935. The molecule has 1 aromatic rings. The average Bonchev–Trinajstić information content (AvgIpc) is 3.16. The van der Waals surface area contributed by atoms with Crippen LogP contribution < -0.4 is 5.32 Å². The summed E-state index contributed by atoms with van der Waals surface area (Å²) in [6.45, 7) is 6.50. The first-order chi connectivity index (χ1) is 8.65. The molecule has 2 heterocycles. The Morgan fingerprint density at radius 2 is 2.22 bits per heavy atom. The van der Waals surface area contributed by atoms with Crippen molar-refractivity contribution >= 4 is 15.9 Å². The lowest BCUT2D eigenvalue weighted by molar-refractivity contribution is 0.177. The standard InChI is InChI=1S/C13H21BrN4/c1-9-13(14)12(17(2)16-9)8-18-6-5-15-11(7-18)10-3-4-10/h10-11,15H,3-8H2,1-2H3. The Kier molecular flexibility index (Phi) is 3.47. The number of rotatable bonds is 3. The van der Waals surface area contributed by atoms with Gasteiger partial charge in [-0.2, -0.15) is 5.10 Å².